The van der Waals surface area contributed by atoms with Crippen LogP contribution in [-0.2, 0) is 22.6 Å². The number of nitrogens with one attached hydrogen (secondary N) is 1. The average molecular weight is 322 g/mol. The Balaban J connectivity index is 1.49. The molecule has 0 aliphatic carbocycles. The predicted octanol–water partition coefficient (Wildman–Crippen LogP) is 3.30. The zero-order valence-corrected chi connectivity index (χ0v) is 13.9. The number of fused-ring (bicyclic) bond motifs is 1. The molecular formula is C20H22N2O2. The summed E-state index contributed by atoms with van der Waals surface area (Å²) >= 11 is 0. The molecule has 0 spiro atoms. The Morgan fingerprint density at radius 1 is 1.00 bits per heavy atom. The third-order valence-corrected chi connectivity index (χ3v) is 4.38. The standard InChI is InChI=1S/C20H22N2O2/c1-15-6-8-18(9-7-15)21-19(23)10-11-20(24)22-13-12-16-4-2-3-5-17(16)14-22/h2-9H,10-14H2,1H3,(H,21,23). The number of hydrogen-bond acceptors (Lipinski definition) is 2. The summed E-state index contributed by atoms with van der Waals surface area (Å²) in [5, 5.41) is 2.83. The molecule has 0 aromatic heterocycles. The Bertz CT molecular complexity index is 738. The Kier molecular flexibility index (Phi) is 4.94. The first-order valence-corrected chi connectivity index (χ1v) is 8.33. The fraction of sp³-hybridized carbons (Fsp3) is 0.300. The summed E-state index contributed by atoms with van der Waals surface area (Å²) < 4.78 is 0. The number of amides is 2. The molecular weight excluding hydrogens is 300 g/mol. The first-order chi connectivity index (χ1) is 11.6. The number of carbonyl (C=O) groups excluding carboxylic acids is 2. The lowest BCUT2D eigenvalue weighted by atomic mass is 9.99. The summed E-state index contributed by atoms with van der Waals surface area (Å²) in [7, 11) is 0. The molecule has 2 amide bonds. The van der Waals surface area contributed by atoms with Crippen LogP contribution in [0.4, 0.5) is 5.69 Å². The molecule has 0 radical (unpaired) electrons. The van der Waals surface area contributed by atoms with Crippen molar-refractivity contribution in [3.05, 3.63) is 65.2 Å². The van der Waals surface area contributed by atoms with E-state index in [-0.39, 0.29) is 24.7 Å². The van der Waals surface area contributed by atoms with Crippen molar-refractivity contribution in [3.63, 3.8) is 0 Å². The summed E-state index contributed by atoms with van der Waals surface area (Å²) in [4.78, 5) is 26.2. The van der Waals surface area contributed by atoms with Gasteiger partial charge in [0.1, 0.15) is 0 Å². The number of anilines is 1. The first-order valence-electron chi connectivity index (χ1n) is 8.33. The lowest BCUT2D eigenvalue weighted by Gasteiger charge is -2.28. The molecule has 0 saturated carbocycles. The third-order valence-electron chi connectivity index (χ3n) is 4.38. The normalized spacial score (nSPS) is 13.3. The molecule has 0 fully saturated rings. The Labute approximate surface area is 142 Å². The lowest BCUT2D eigenvalue weighted by Crippen LogP contribution is -2.36. The van der Waals surface area contributed by atoms with E-state index in [1.165, 1.54) is 11.1 Å². The highest BCUT2D eigenvalue weighted by atomic mass is 16.2. The van der Waals surface area contributed by atoms with E-state index in [0.29, 0.717) is 6.54 Å². The zero-order valence-electron chi connectivity index (χ0n) is 13.9. The molecule has 24 heavy (non-hydrogen) atoms. The minimum atomic E-state index is -0.121. The molecule has 0 atom stereocenters. The third kappa shape index (κ3) is 4.02. The van der Waals surface area contributed by atoms with Crippen LogP contribution in [0.15, 0.2) is 48.5 Å². The molecule has 1 aliphatic rings. The molecule has 2 aromatic carbocycles. The van der Waals surface area contributed by atoms with Crippen LogP contribution in [0.1, 0.15) is 29.5 Å². The molecule has 0 bridgehead atoms. The predicted molar refractivity (Wildman–Crippen MR) is 94.6 cm³/mol. The highest BCUT2D eigenvalue weighted by molar-refractivity contribution is 5.93. The minimum absolute atomic E-state index is 0.0450. The Morgan fingerprint density at radius 2 is 1.71 bits per heavy atom. The second-order valence-electron chi connectivity index (χ2n) is 6.25. The fourth-order valence-electron chi connectivity index (χ4n) is 2.95. The van der Waals surface area contributed by atoms with Crippen LogP contribution in [-0.4, -0.2) is 23.3 Å². The van der Waals surface area contributed by atoms with Gasteiger partial charge in [-0.25, -0.2) is 0 Å². The molecule has 1 N–H and O–H groups in total. The van der Waals surface area contributed by atoms with Gasteiger partial charge in [0.05, 0.1) is 0 Å². The highest BCUT2D eigenvalue weighted by Gasteiger charge is 2.20. The van der Waals surface area contributed by atoms with Gasteiger partial charge in [-0.15, -0.1) is 0 Å². The molecule has 1 heterocycles. The van der Waals surface area contributed by atoms with Gasteiger partial charge in [-0.3, -0.25) is 9.59 Å². The van der Waals surface area contributed by atoms with Crippen molar-refractivity contribution < 1.29 is 9.59 Å². The van der Waals surface area contributed by atoms with Gasteiger partial charge in [0.15, 0.2) is 0 Å². The SMILES string of the molecule is Cc1ccc(NC(=O)CCC(=O)N2CCc3ccccc3C2)cc1. The van der Waals surface area contributed by atoms with E-state index in [1.807, 2.05) is 48.2 Å². The summed E-state index contributed by atoms with van der Waals surface area (Å²) in [6, 6.07) is 15.9. The summed E-state index contributed by atoms with van der Waals surface area (Å²) in [6.45, 7) is 3.38. The van der Waals surface area contributed by atoms with Crippen LogP contribution >= 0.6 is 0 Å². The second kappa shape index (κ2) is 7.30. The van der Waals surface area contributed by atoms with Gasteiger partial charge in [-0.05, 0) is 36.6 Å². The van der Waals surface area contributed by atoms with E-state index >= 15 is 0 Å². The molecule has 1 aliphatic heterocycles. The van der Waals surface area contributed by atoms with Crippen molar-refractivity contribution in [2.75, 3.05) is 11.9 Å². The average Bonchev–Trinajstić information content (AvgIpc) is 2.61. The van der Waals surface area contributed by atoms with Gasteiger partial charge in [-0.2, -0.15) is 0 Å². The van der Waals surface area contributed by atoms with Crippen molar-refractivity contribution in [3.8, 4) is 0 Å². The highest BCUT2D eigenvalue weighted by Crippen LogP contribution is 2.19. The number of benzene rings is 2. The van der Waals surface area contributed by atoms with Crippen LogP contribution in [0.25, 0.3) is 0 Å². The molecule has 0 saturated heterocycles. The van der Waals surface area contributed by atoms with Crippen LogP contribution in [0, 0.1) is 6.92 Å². The largest absolute Gasteiger partial charge is 0.338 e. The maximum absolute atomic E-state index is 12.4. The molecule has 3 rings (SSSR count). The van der Waals surface area contributed by atoms with Gasteiger partial charge in [0.25, 0.3) is 0 Å². The quantitative estimate of drug-likeness (QED) is 0.939. The zero-order chi connectivity index (χ0) is 16.9. The summed E-state index contributed by atoms with van der Waals surface area (Å²) in [6.07, 6.45) is 1.35. The smallest absolute Gasteiger partial charge is 0.224 e. The Morgan fingerprint density at radius 3 is 2.46 bits per heavy atom. The van der Waals surface area contributed by atoms with Crippen LogP contribution in [0.3, 0.4) is 0 Å². The van der Waals surface area contributed by atoms with E-state index in [1.54, 1.807) is 0 Å². The van der Waals surface area contributed by atoms with Crippen LogP contribution in [0.2, 0.25) is 0 Å². The van der Waals surface area contributed by atoms with Gasteiger partial charge >= 0.3 is 0 Å². The number of carbonyl (C=O) groups is 2. The first kappa shape index (κ1) is 16.2. The molecule has 124 valence electrons. The summed E-state index contributed by atoms with van der Waals surface area (Å²) in [5.41, 5.74) is 4.44. The van der Waals surface area contributed by atoms with Crippen LogP contribution < -0.4 is 5.32 Å². The molecule has 0 unspecified atom stereocenters. The monoisotopic (exact) mass is 322 g/mol. The van der Waals surface area contributed by atoms with Gasteiger partial charge in [0.2, 0.25) is 11.8 Å². The van der Waals surface area contributed by atoms with Gasteiger partial charge < -0.3 is 10.2 Å². The number of nitrogens with zero attached hydrogens (tertiary/aromatic N) is 1. The maximum Gasteiger partial charge on any atom is 0.224 e. The number of rotatable bonds is 4. The van der Waals surface area contributed by atoms with Crippen molar-refractivity contribution >= 4 is 17.5 Å². The lowest BCUT2D eigenvalue weighted by molar-refractivity contribution is -0.133. The van der Waals surface area contributed by atoms with E-state index in [9.17, 15) is 9.59 Å². The topological polar surface area (TPSA) is 49.4 Å². The van der Waals surface area contributed by atoms with E-state index < -0.39 is 0 Å². The van der Waals surface area contributed by atoms with E-state index in [0.717, 1.165) is 24.2 Å². The van der Waals surface area contributed by atoms with Gasteiger partial charge in [-0.1, -0.05) is 42.0 Å². The molecule has 4 nitrogen and oxygen atoms in total. The molecule has 2 aromatic rings. The van der Waals surface area contributed by atoms with E-state index in [4.69, 9.17) is 0 Å². The molecule has 4 heteroatoms. The van der Waals surface area contributed by atoms with Crippen molar-refractivity contribution in [1.82, 2.24) is 4.90 Å². The van der Waals surface area contributed by atoms with Gasteiger partial charge in [0, 0.05) is 31.6 Å². The number of aryl methyl sites for hydroxylation is 1. The minimum Gasteiger partial charge on any atom is -0.338 e. The Hall–Kier alpha value is -2.62. The number of hydrogen-bond donors (Lipinski definition) is 1. The van der Waals surface area contributed by atoms with Crippen molar-refractivity contribution in [2.24, 2.45) is 0 Å². The maximum atomic E-state index is 12.4. The summed E-state index contributed by atoms with van der Waals surface area (Å²) in [5.74, 6) is -0.0758. The van der Waals surface area contributed by atoms with Crippen molar-refractivity contribution in [1.29, 1.82) is 0 Å². The van der Waals surface area contributed by atoms with Crippen molar-refractivity contribution in [2.45, 2.75) is 32.7 Å². The second-order valence-corrected chi connectivity index (χ2v) is 6.25. The fourth-order valence-corrected chi connectivity index (χ4v) is 2.95. The van der Waals surface area contributed by atoms with E-state index in [2.05, 4.69) is 17.4 Å². The van der Waals surface area contributed by atoms with Crippen LogP contribution in [0.5, 0.6) is 0 Å².